The first-order valence-corrected chi connectivity index (χ1v) is 11.2. The lowest BCUT2D eigenvalue weighted by molar-refractivity contribution is -0.143. The number of nitrogens with zero attached hydrogens (tertiary/aromatic N) is 2. The van der Waals surface area contributed by atoms with Gasteiger partial charge in [0.1, 0.15) is 5.03 Å². The minimum atomic E-state index is -5.02. The quantitative estimate of drug-likeness (QED) is 0.276. The second-order valence-electron chi connectivity index (χ2n) is 7.30. The Labute approximate surface area is 211 Å². The van der Waals surface area contributed by atoms with Crippen LogP contribution in [0.4, 0.5) is 32.0 Å². The Balaban J connectivity index is 1.71. The zero-order valence-corrected chi connectivity index (χ0v) is 20.3. The minimum absolute atomic E-state index is 0.0183. The summed E-state index contributed by atoms with van der Waals surface area (Å²) in [4.78, 5) is 12.2. The molecule has 0 aliphatic carbocycles. The van der Waals surface area contributed by atoms with Gasteiger partial charge in [-0.05, 0) is 42.5 Å². The molecule has 7 nitrogen and oxygen atoms in total. The SMILES string of the molecule is COc1cc(-c2ccc(SCC(=O)Nc3cc(C(F)(F)F)cc(C(F)(F)F)c3)nn2)cc(OC)c1OC. The molecule has 37 heavy (non-hydrogen) atoms. The van der Waals surface area contributed by atoms with Gasteiger partial charge in [0, 0.05) is 11.3 Å². The van der Waals surface area contributed by atoms with E-state index >= 15 is 0 Å². The van der Waals surface area contributed by atoms with E-state index in [0.717, 1.165) is 11.8 Å². The molecule has 0 aliphatic rings. The predicted molar refractivity (Wildman–Crippen MR) is 123 cm³/mol. The van der Waals surface area contributed by atoms with Crippen LogP contribution >= 0.6 is 11.8 Å². The molecule has 0 spiro atoms. The van der Waals surface area contributed by atoms with E-state index in [0.29, 0.717) is 45.7 Å². The van der Waals surface area contributed by atoms with Gasteiger partial charge in [0.05, 0.1) is 43.9 Å². The van der Waals surface area contributed by atoms with Crippen LogP contribution < -0.4 is 19.5 Å². The first-order chi connectivity index (χ1) is 17.3. The molecule has 0 bridgehead atoms. The fourth-order valence-corrected chi connectivity index (χ4v) is 3.76. The van der Waals surface area contributed by atoms with Crippen molar-refractivity contribution in [1.29, 1.82) is 0 Å². The summed E-state index contributed by atoms with van der Waals surface area (Å²) in [6.45, 7) is 0. The van der Waals surface area contributed by atoms with Crippen molar-refractivity contribution in [3.05, 3.63) is 53.6 Å². The van der Waals surface area contributed by atoms with Gasteiger partial charge in [-0.2, -0.15) is 26.3 Å². The Bertz CT molecular complexity index is 1210. The first kappa shape index (κ1) is 27.9. The number of hydrogen-bond donors (Lipinski definition) is 1. The summed E-state index contributed by atoms with van der Waals surface area (Å²) < 4.78 is 93.9. The molecule has 3 rings (SSSR count). The lowest BCUT2D eigenvalue weighted by Gasteiger charge is -2.14. The summed E-state index contributed by atoms with van der Waals surface area (Å²) in [5.41, 5.74) is -2.65. The molecule has 1 amide bonds. The highest BCUT2D eigenvalue weighted by atomic mass is 32.2. The zero-order chi connectivity index (χ0) is 27.4. The maximum Gasteiger partial charge on any atom is 0.416 e. The number of aromatic nitrogens is 2. The average molecular weight is 547 g/mol. The van der Waals surface area contributed by atoms with Crippen LogP contribution in [0.5, 0.6) is 17.2 Å². The standard InChI is InChI=1S/C23H19F6N3O4S/c1-34-17-6-12(7-18(35-2)21(17)36-3)16-4-5-20(32-31-16)37-11-19(33)30-15-9-13(22(24,25)26)8-14(10-15)23(27,28)29/h4-10H,11H2,1-3H3,(H,30,33). The third-order valence-electron chi connectivity index (χ3n) is 4.82. The third kappa shape index (κ3) is 6.96. The number of rotatable bonds is 8. The Kier molecular flexibility index (Phi) is 8.41. The topological polar surface area (TPSA) is 82.6 Å². The number of methoxy groups -OCH3 is 3. The van der Waals surface area contributed by atoms with Crippen LogP contribution in [0.1, 0.15) is 11.1 Å². The fourth-order valence-electron chi connectivity index (χ4n) is 3.14. The molecule has 14 heteroatoms. The van der Waals surface area contributed by atoms with Crippen LogP contribution in [0.2, 0.25) is 0 Å². The van der Waals surface area contributed by atoms with Crippen molar-refractivity contribution in [3.63, 3.8) is 0 Å². The van der Waals surface area contributed by atoms with Gasteiger partial charge in [-0.1, -0.05) is 11.8 Å². The third-order valence-corrected chi connectivity index (χ3v) is 5.74. The molecule has 2 aromatic carbocycles. The number of carbonyl (C=O) groups excluding carboxylic acids is 1. The molecule has 0 atom stereocenters. The molecular formula is C23H19F6N3O4S. The number of amides is 1. The molecule has 0 unspecified atom stereocenters. The first-order valence-electron chi connectivity index (χ1n) is 10.2. The molecule has 0 radical (unpaired) electrons. The summed E-state index contributed by atoms with van der Waals surface area (Å²) in [6.07, 6.45) is -10.0. The van der Waals surface area contributed by atoms with Crippen molar-refractivity contribution in [2.24, 2.45) is 0 Å². The molecule has 1 heterocycles. The number of nitrogens with one attached hydrogen (secondary N) is 1. The average Bonchev–Trinajstić information content (AvgIpc) is 2.85. The summed E-state index contributed by atoms with van der Waals surface area (Å²) >= 11 is 0.893. The van der Waals surface area contributed by atoms with Gasteiger partial charge in [0.2, 0.25) is 11.7 Å². The van der Waals surface area contributed by atoms with Crippen LogP contribution in [0.3, 0.4) is 0 Å². The van der Waals surface area contributed by atoms with Gasteiger partial charge in [-0.15, -0.1) is 10.2 Å². The van der Waals surface area contributed by atoms with E-state index in [-0.39, 0.29) is 11.8 Å². The minimum Gasteiger partial charge on any atom is -0.493 e. The van der Waals surface area contributed by atoms with Crippen LogP contribution in [0, 0.1) is 0 Å². The van der Waals surface area contributed by atoms with Crippen molar-refractivity contribution >= 4 is 23.4 Å². The van der Waals surface area contributed by atoms with Crippen molar-refractivity contribution in [2.45, 2.75) is 17.4 Å². The second kappa shape index (κ2) is 11.2. The highest BCUT2D eigenvalue weighted by Gasteiger charge is 2.37. The molecule has 1 N–H and O–H groups in total. The Morgan fingerprint density at radius 2 is 1.41 bits per heavy atom. The van der Waals surface area contributed by atoms with Gasteiger partial charge < -0.3 is 19.5 Å². The fraction of sp³-hybridized carbons (Fsp3) is 0.261. The second-order valence-corrected chi connectivity index (χ2v) is 8.30. The van der Waals surface area contributed by atoms with Crippen LogP contribution in [-0.4, -0.2) is 43.2 Å². The molecular weight excluding hydrogens is 528 g/mol. The maximum atomic E-state index is 13.0. The van der Waals surface area contributed by atoms with E-state index < -0.39 is 35.1 Å². The zero-order valence-electron chi connectivity index (χ0n) is 19.5. The van der Waals surface area contributed by atoms with Crippen molar-refractivity contribution in [3.8, 4) is 28.5 Å². The van der Waals surface area contributed by atoms with E-state index in [1.807, 2.05) is 0 Å². The number of ether oxygens (including phenoxy) is 3. The van der Waals surface area contributed by atoms with E-state index in [9.17, 15) is 31.1 Å². The number of halogens is 6. The van der Waals surface area contributed by atoms with Gasteiger partial charge in [0.15, 0.2) is 11.5 Å². The van der Waals surface area contributed by atoms with Gasteiger partial charge in [-0.3, -0.25) is 4.79 Å². The number of anilines is 1. The van der Waals surface area contributed by atoms with Crippen molar-refractivity contribution in [1.82, 2.24) is 10.2 Å². The van der Waals surface area contributed by atoms with E-state index in [1.54, 1.807) is 24.3 Å². The number of alkyl halides is 6. The van der Waals surface area contributed by atoms with Crippen molar-refractivity contribution < 1.29 is 45.3 Å². The van der Waals surface area contributed by atoms with Crippen LogP contribution in [0.15, 0.2) is 47.5 Å². The van der Waals surface area contributed by atoms with E-state index in [4.69, 9.17) is 14.2 Å². The van der Waals surface area contributed by atoms with E-state index in [1.165, 1.54) is 21.3 Å². The summed E-state index contributed by atoms with van der Waals surface area (Å²) in [7, 11) is 4.38. The van der Waals surface area contributed by atoms with Gasteiger partial charge in [-0.25, -0.2) is 0 Å². The molecule has 198 valence electrons. The van der Waals surface area contributed by atoms with Crippen LogP contribution in [-0.2, 0) is 17.1 Å². The molecule has 1 aromatic heterocycles. The number of thioether (sulfide) groups is 1. The largest absolute Gasteiger partial charge is 0.493 e. The van der Waals surface area contributed by atoms with E-state index in [2.05, 4.69) is 15.5 Å². The smallest absolute Gasteiger partial charge is 0.416 e. The molecule has 3 aromatic rings. The lowest BCUT2D eigenvalue weighted by atomic mass is 10.1. The van der Waals surface area contributed by atoms with Gasteiger partial charge >= 0.3 is 12.4 Å². The Morgan fingerprint density at radius 3 is 1.84 bits per heavy atom. The number of carbonyl (C=O) groups is 1. The number of benzene rings is 2. The molecule has 0 saturated carbocycles. The summed E-state index contributed by atoms with van der Waals surface area (Å²) in [6, 6.07) is 7.33. The monoisotopic (exact) mass is 547 g/mol. The normalized spacial score (nSPS) is 11.7. The molecule has 0 saturated heterocycles. The maximum absolute atomic E-state index is 13.0. The Morgan fingerprint density at radius 1 is 0.838 bits per heavy atom. The van der Waals surface area contributed by atoms with Crippen LogP contribution in [0.25, 0.3) is 11.3 Å². The van der Waals surface area contributed by atoms with Gasteiger partial charge in [0.25, 0.3) is 0 Å². The molecule has 0 fully saturated rings. The highest BCUT2D eigenvalue weighted by Crippen LogP contribution is 2.41. The highest BCUT2D eigenvalue weighted by molar-refractivity contribution is 7.99. The summed E-state index contributed by atoms with van der Waals surface area (Å²) in [5, 5.41) is 10.5. The van der Waals surface area contributed by atoms with Crippen molar-refractivity contribution in [2.75, 3.05) is 32.4 Å². The number of hydrogen-bond acceptors (Lipinski definition) is 7. The Hall–Kier alpha value is -3.68. The summed E-state index contributed by atoms with van der Waals surface area (Å²) in [5.74, 6) is 0.0283. The molecule has 0 aliphatic heterocycles. The predicted octanol–water partition coefficient (Wildman–Crippen LogP) is 5.94. The lowest BCUT2D eigenvalue weighted by Crippen LogP contribution is -2.17.